The summed E-state index contributed by atoms with van der Waals surface area (Å²) < 4.78 is 0. The van der Waals surface area contributed by atoms with Gasteiger partial charge in [-0.3, -0.25) is 14.7 Å². The SMILES string of the molecule is CC(=O)N1CCN(c2ccc(CN3CCN(CC(C)CN4CCC5=C(C=CC5)C4)C3=O)nc2)CC1. The molecule has 0 spiro atoms. The van der Waals surface area contributed by atoms with Crippen LogP contribution >= 0.6 is 0 Å². The smallest absolute Gasteiger partial charge is 0.320 e. The number of hydrogen-bond acceptors (Lipinski definition) is 5. The summed E-state index contributed by atoms with van der Waals surface area (Å²) in [6.45, 7) is 13.2. The molecule has 0 N–H and O–H groups in total. The molecule has 1 atom stereocenters. The second kappa shape index (κ2) is 10.4. The average molecular weight is 479 g/mol. The summed E-state index contributed by atoms with van der Waals surface area (Å²) in [5, 5.41) is 0. The molecule has 35 heavy (non-hydrogen) atoms. The number of carbonyl (C=O) groups is 2. The number of rotatable bonds is 7. The zero-order valence-electron chi connectivity index (χ0n) is 21.2. The zero-order valence-corrected chi connectivity index (χ0v) is 21.2. The van der Waals surface area contributed by atoms with Gasteiger partial charge in [-0.05, 0) is 36.5 Å². The summed E-state index contributed by atoms with van der Waals surface area (Å²) >= 11 is 0. The first-order chi connectivity index (χ1) is 17.0. The predicted octanol–water partition coefficient (Wildman–Crippen LogP) is 2.59. The molecule has 5 rings (SSSR count). The Labute approximate surface area is 208 Å². The van der Waals surface area contributed by atoms with Crippen molar-refractivity contribution in [1.29, 1.82) is 0 Å². The Morgan fingerprint density at radius 3 is 2.57 bits per heavy atom. The lowest BCUT2D eigenvalue weighted by molar-refractivity contribution is -0.129. The molecule has 4 aliphatic rings. The van der Waals surface area contributed by atoms with E-state index in [0.29, 0.717) is 12.5 Å². The van der Waals surface area contributed by atoms with Crippen LogP contribution in [-0.2, 0) is 11.3 Å². The van der Waals surface area contributed by atoms with E-state index >= 15 is 0 Å². The fraction of sp³-hybridized carbons (Fsp3) is 0.593. The monoisotopic (exact) mass is 478 g/mol. The molecule has 3 amide bonds. The molecule has 2 saturated heterocycles. The van der Waals surface area contributed by atoms with Gasteiger partial charge in [0.15, 0.2) is 0 Å². The van der Waals surface area contributed by atoms with Crippen molar-refractivity contribution < 1.29 is 9.59 Å². The first kappa shape index (κ1) is 23.9. The lowest BCUT2D eigenvalue weighted by Gasteiger charge is -2.35. The van der Waals surface area contributed by atoms with E-state index in [9.17, 15) is 9.59 Å². The largest absolute Gasteiger partial charge is 0.367 e. The maximum absolute atomic E-state index is 13.0. The lowest BCUT2D eigenvalue weighted by atomic mass is 10.0. The number of aromatic nitrogens is 1. The van der Waals surface area contributed by atoms with E-state index in [0.717, 1.165) is 83.2 Å². The third kappa shape index (κ3) is 5.53. The topological polar surface area (TPSA) is 63.2 Å². The summed E-state index contributed by atoms with van der Waals surface area (Å²) in [7, 11) is 0. The van der Waals surface area contributed by atoms with Crippen LogP contribution in [0.1, 0.15) is 32.4 Å². The van der Waals surface area contributed by atoms with Gasteiger partial charge in [0.1, 0.15) is 0 Å². The number of pyridine rings is 1. The number of urea groups is 1. The van der Waals surface area contributed by atoms with Gasteiger partial charge in [-0.15, -0.1) is 0 Å². The lowest BCUT2D eigenvalue weighted by Crippen LogP contribution is -2.48. The van der Waals surface area contributed by atoms with E-state index in [1.807, 2.05) is 27.0 Å². The molecule has 188 valence electrons. The van der Waals surface area contributed by atoms with E-state index in [1.54, 1.807) is 12.5 Å². The van der Waals surface area contributed by atoms with Crippen molar-refractivity contribution in [1.82, 2.24) is 24.6 Å². The number of nitrogens with zero attached hydrogens (tertiary/aromatic N) is 6. The van der Waals surface area contributed by atoms with Gasteiger partial charge in [-0.2, -0.15) is 0 Å². The predicted molar refractivity (Wildman–Crippen MR) is 137 cm³/mol. The normalized spacial score (nSPS) is 21.8. The molecule has 0 radical (unpaired) electrons. The Balaban J connectivity index is 1.08. The number of hydrogen-bond donors (Lipinski definition) is 0. The number of anilines is 1. The summed E-state index contributed by atoms with van der Waals surface area (Å²) in [4.78, 5) is 39.9. The molecule has 1 aromatic rings. The van der Waals surface area contributed by atoms with Crippen LogP contribution < -0.4 is 4.90 Å². The molecular formula is C27H38N6O2. The highest BCUT2D eigenvalue weighted by molar-refractivity contribution is 5.76. The molecule has 8 heteroatoms. The molecule has 1 unspecified atom stereocenters. The van der Waals surface area contributed by atoms with Crippen LogP contribution in [-0.4, -0.2) is 102 Å². The van der Waals surface area contributed by atoms with Crippen LogP contribution in [0.15, 0.2) is 41.6 Å². The Morgan fingerprint density at radius 1 is 1.03 bits per heavy atom. The molecule has 0 bridgehead atoms. The van der Waals surface area contributed by atoms with Crippen molar-refractivity contribution in [3.8, 4) is 0 Å². The Bertz CT molecular complexity index is 995. The van der Waals surface area contributed by atoms with Gasteiger partial charge >= 0.3 is 6.03 Å². The van der Waals surface area contributed by atoms with Crippen molar-refractivity contribution in [2.75, 3.05) is 70.3 Å². The van der Waals surface area contributed by atoms with E-state index in [4.69, 9.17) is 0 Å². The van der Waals surface area contributed by atoms with Crippen LogP contribution in [0.3, 0.4) is 0 Å². The Kier molecular flexibility index (Phi) is 7.09. The van der Waals surface area contributed by atoms with Crippen LogP contribution in [0.25, 0.3) is 0 Å². The molecule has 1 aromatic heterocycles. The van der Waals surface area contributed by atoms with Gasteiger partial charge in [0.05, 0.1) is 24.1 Å². The third-order valence-corrected chi connectivity index (χ3v) is 7.80. The highest BCUT2D eigenvalue weighted by Crippen LogP contribution is 2.27. The van der Waals surface area contributed by atoms with E-state index < -0.39 is 0 Å². The highest BCUT2D eigenvalue weighted by Gasteiger charge is 2.30. The van der Waals surface area contributed by atoms with Crippen molar-refractivity contribution in [3.63, 3.8) is 0 Å². The van der Waals surface area contributed by atoms with Gasteiger partial charge in [-0.25, -0.2) is 4.79 Å². The second-order valence-electron chi connectivity index (χ2n) is 10.5. The first-order valence-corrected chi connectivity index (χ1v) is 13.1. The highest BCUT2D eigenvalue weighted by atomic mass is 16.2. The summed E-state index contributed by atoms with van der Waals surface area (Å²) in [6, 6.07) is 4.25. The Hall–Kier alpha value is -2.87. The van der Waals surface area contributed by atoms with Crippen molar-refractivity contribution in [2.24, 2.45) is 5.92 Å². The van der Waals surface area contributed by atoms with Crippen molar-refractivity contribution >= 4 is 17.6 Å². The summed E-state index contributed by atoms with van der Waals surface area (Å²) in [6.07, 6.45) is 8.81. The van der Waals surface area contributed by atoms with Crippen LogP contribution in [0.5, 0.6) is 0 Å². The molecule has 1 aliphatic carbocycles. The van der Waals surface area contributed by atoms with E-state index in [-0.39, 0.29) is 11.9 Å². The minimum Gasteiger partial charge on any atom is -0.367 e. The molecule has 2 fully saturated rings. The fourth-order valence-corrected chi connectivity index (χ4v) is 5.78. The molecule has 8 nitrogen and oxygen atoms in total. The van der Waals surface area contributed by atoms with E-state index in [2.05, 4.69) is 39.9 Å². The average Bonchev–Trinajstić information content (AvgIpc) is 3.46. The molecule has 0 saturated carbocycles. The minimum atomic E-state index is 0.130. The first-order valence-electron chi connectivity index (χ1n) is 13.1. The quantitative estimate of drug-likeness (QED) is 0.603. The fourth-order valence-electron chi connectivity index (χ4n) is 5.78. The number of piperazine rings is 1. The molecule has 4 heterocycles. The van der Waals surface area contributed by atoms with Gasteiger partial charge in [0, 0.05) is 72.4 Å². The number of carbonyl (C=O) groups excluding carboxylic acids is 2. The van der Waals surface area contributed by atoms with E-state index in [1.165, 1.54) is 12.0 Å². The van der Waals surface area contributed by atoms with Gasteiger partial charge in [0.25, 0.3) is 0 Å². The maximum atomic E-state index is 13.0. The maximum Gasteiger partial charge on any atom is 0.320 e. The van der Waals surface area contributed by atoms with Crippen molar-refractivity contribution in [2.45, 2.75) is 33.2 Å². The molecule has 3 aliphatic heterocycles. The standard InChI is InChI=1S/C27H38N6O2/c1-21(17-29-9-8-23-4-3-5-24(23)19-29)18-32-14-15-33(27(32)35)20-25-6-7-26(16-28-25)31-12-10-30(11-13-31)22(2)34/h3,5-7,16,21H,4,8-15,17-20H2,1-2H3. The third-order valence-electron chi connectivity index (χ3n) is 7.80. The van der Waals surface area contributed by atoms with Gasteiger partial charge < -0.3 is 19.6 Å². The minimum absolute atomic E-state index is 0.130. The molecule has 0 aromatic carbocycles. The van der Waals surface area contributed by atoms with Gasteiger partial charge in [0.2, 0.25) is 5.91 Å². The zero-order chi connectivity index (χ0) is 24.4. The van der Waals surface area contributed by atoms with Crippen LogP contribution in [0, 0.1) is 5.92 Å². The van der Waals surface area contributed by atoms with Crippen LogP contribution in [0.2, 0.25) is 0 Å². The van der Waals surface area contributed by atoms with Crippen LogP contribution in [0.4, 0.5) is 10.5 Å². The number of allylic oxidation sites excluding steroid dienone is 1. The van der Waals surface area contributed by atoms with Crippen molar-refractivity contribution in [3.05, 3.63) is 47.3 Å². The Morgan fingerprint density at radius 2 is 1.83 bits per heavy atom. The number of amides is 3. The second-order valence-corrected chi connectivity index (χ2v) is 10.5. The van der Waals surface area contributed by atoms with Gasteiger partial charge in [-0.1, -0.05) is 24.6 Å². The summed E-state index contributed by atoms with van der Waals surface area (Å²) in [5.41, 5.74) is 5.13. The summed E-state index contributed by atoms with van der Waals surface area (Å²) in [5.74, 6) is 0.591. The molecular weight excluding hydrogens is 440 g/mol.